The van der Waals surface area contributed by atoms with Crippen LogP contribution in [0.3, 0.4) is 0 Å². The zero-order valence-corrected chi connectivity index (χ0v) is 15.7. The SMILES string of the molecule is Cc1ccccc1COC(=O)c1cc(S(=O)(=O)N2CCOCC2)ccc1F. The average molecular weight is 393 g/mol. The number of ether oxygens (including phenoxy) is 2. The monoisotopic (exact) mass is 393 g/mol. The maximum atomic E-state index is 14.1. The van der Waals surface area contributed by atoms with Crippen LogP contribution < -0.4 is 0 Å². The number of benzene rings is 2. The fourth-order valence-corrected chi connectivity index (χ4v) is 4.19. The number of aryl methyl sites for hydroxylation is 1. The van der Waals surface area contributed by atoms with E-state index in [1.54, 1.807) is 6.07 Å². The van der Waals surface area contributed by atoms with Crippen molar-refractivity contribution >= 4 is 16.0 Å². The van der Waals surface area contributed by atoms with Crippen molar-refractivity contribution in [2.45, 2.75) is 18.4 Å². The molecule has 0 unspecified atom stereocenters. The highest BCUT2D eigenvalue weighted by Crippen LogP contribution is 2.21. The van der Waals surface area contributed by atoms with E-state index < -0.39 is 27.4 Å². The van der Waals surface area contributed by atoms with Gasteiger partial charge in [0.25, 0.3) is 0 Å². The molecule has 2 aromatic carbocycles. The number of halogens is 1. The number of hydrogen-bond acceptors (Lipinski definition) is 5. The van der Waals surface area contributed by atoms with Gasteiger partial charge < -0.3 is 9.47 Å². The Hall–Kier alpha value is -2.29. The fourth-order valence-electron chi connectivity index (χ4n) is 2.75. The van der Waals surface area contributed by atoms with Crippen molar-refractivity contribution in [2.24, 2.45) is 0 Å². The summed E-state index contributed by atoms with van der Waals surface area (Å²) in [5.74, 6) is -1.74. The second kappa shape index (κ2) is 8.16. The van der Waals surface area contributed by atoms with Gasteiger partial charge >= 0.3 is 5.97 Å². The van der Waals surface area contributed by atoms with Gasteiger partial charge in [-0.25, -0.2) is 17.6 Å². The summed E-state index contributed by atoms with van der Waals surface area (Å²) in [4.78, 5) is 12.2. The van der Waals surface area contributed by atoms with Crippen molar-refractivity contribution in [1.29, 1.82) is 0 Å². The molecule has 0 amide bonds. The van der Waals surface area contributed by atoms with Crippen LogP contribution in [-0.4, -0.2) is 45.0 Å². The highest BCUT2D eigenvalue weighted by Gasteiger charge is 2.28. The molecule has 0 saturated carbocycles. The van der Waals surface area contributed by atoms with Gasteiger partial charge in [0.1, 0.15) is 12.4 Å². The minimum absolute atomic E-state index is 0.0224. The van der Waals surface area contributed by atoms with Crippen LogP contribution in [-0.2, 0) is 26.1 Å². The van der Waals surface area contributed by atoms with E-state index in [9.17, 15) is 17.6 Å². The lowest BCUT2D eigenvalue weighted by molar-refractivity contribution is 0.0466. The summed E-state index contributed by atoms with van der Waals surface area (Å²) in [6.45, 7) is 2.88. The standard InChI is InChI=1S/C19H20FNO5S/c1-14-4-2-3-5-15(14)13-26-19(22)17-12-16(6-7-18(17)20)27(23,24)21-8-10-25-11-9-21/h2-7,12H,8-11,13H2,1H3. The molecule has 8 heteroatoms. The van der Waals surface area contributed by atoms with Gasteiger partial charge in [0.05, 0.1) is 23.7 Å². The summed E-state index contributed by atoms with van der Waals surface area (Å²) >= 11 is 0. The maximum absolute atomic E-state index is 14.1. The number of rotatable bonds is 5. The van der Waals surface area contributed by atoms with E-state index in [0.29, 0.717) is 13.2 Å². The third kappa shape index (κ3) is 4.35. The maximum Gasteiger partial charge on any atom is 0.341 e. The molecule has 144 valence electrons. The molecule has 27 heavy (non-hydrogen) atoms. The van der Waals surface area contributed by atoms with Crippen LogP contribution in [0.25, 0.3) is 0 Å². The highest BCUT2D eigenvalue weighted by molar-refractivity contribution is 7.89. The zero-order valence-electron chi connectivity index (χ0n) is 14.9. The molecule has 1 saturated heterocycles. The summed E-state index contributed by atoms with van der Waals surface area (Å²) in [6, 6.07) is 10.5. The molecule has 1 heterocycles. The lowest BCUT2D eigenvalue weighted by Gasteiger charge is -2.26. The number of carbonyl (C=O) groups excluding carboxylic acids is 1. The first kappa shape index (κ1) is 19.5. The third-order valence-electron chi connectivity index (χ3n) is 4.39. The third-order valence-corrected chi connectivity index (χ3v) is 6.28. The lowest BCUT2D eigenvalue weighted by atomic mass is 10.1. The fraction of sp³-hybridized carbons (Fsp3) is 0.316. The molecule has 1 aliphatic heterocycles. The van der Waals surface area contributed by atoms with E-state index in [4.69, 9.17) is 9.47 Å². The summed E-state index contributed by atoms with van der Waals surface area (Å²) in [5, 5.41) is 0. The van der Waals surface area contributed by atoms with Crippen molar-refractivity contribution in [2.75, 3.05) is 26.3 Å². The Morgan fingerprint density at radius 1 is 1.19 bits per heavy atom. The molecule has 6 nitrogen and oxygen atoms in total. The summed E-state index contributed by atoms with van der Waals surface area (Å²) in [5.41, 5.74) is 1.33. The normalized spacial score (nSPS) is 15.5. The number of morpholine rings is 1. The topological polar surface area (TPSA) is 72.9 Å². The Balaban J connectivity index is 1.80. The first-order valence-corrected chi connectivity index (χ1v) is 9.92. The Kier molecular flexibility index (Phi) is 5.88. The Labute approximate surface area is 157 Å². The average Bonchev–Trinajstić information content (AvgIpc) is 2.68. The van der Waals surface area contributed by atoms with Crippen molar-refractivity contribution in [3.05, 3.63) is 65.0 Å². The number of nitrogens with zero attached hydrogens (tertiary/aromatic N) is 1. The van der Waals surface area contributed by atoms with Gasteiger partial charge in [-0.1, -0.05) is 24.3 Å². The first-order chi connectivity index (χ1) is 12.9. The Morgan fingerprint density at radius 2 is 1.89 bits per heavy atom. The quantitative estimate of drug-likeness (QED) is 0.730. The van der Waals surface area contributed by atoms with Gasteiger partial charge in [-0.15, -0.1) is 0 Å². The Bertz CT molecular complexity index is 939. The smallest absolute Gasteiger partial charge is 0.341 e. The van der Waals surface area contributed by atoms with E-state index in [1.807, 2.05) is 25.1 Å². The van der Waals surface area contributed by atoms with Gasteiger partial charge in [0.2, 0.25) is 10.0 Å². The molecule has 0 radical (unpaired) electrons. The number of sulfonamides is 1. The van der Waals surface area contributed by atoms with Gasteiger partial charge in [-0.05, 0) is 36.2 Å². The summed E-state index contributed by atoms with van der Waals surface area (Å²) < 4.78 is 51.1. The van der Waals surface area contributed by atoms with E-state index in [-0.39, 0.29) is 24.6 Å². The number of hydrogen-bond donors (Lipinski definition) is 0. The van der Waals surface area contributed by atoms with Crippen LogP contribution in [0.5, 0.6) is 0 Å². The van der Waals surface area contributed by atoms with Gasteiger partial charge in [-0.3, -0.25) is 0 Å². The molecular formula is C19H20FNO5S. The van der Waals surface area contributed by atoms with Crippen LogP contribution in [0.2, 0.25) is 0 Å². The molecule has 0 bridgehead atoms. The number of esters is 1. The van der Waals surface area contributed by atoms with Crippen molar-refractivity contribution in [3.63, 3.8) is 0 Å². The predicted octanol–water partition coefficient (Wildman–Crippen LogP) is 2.51. The van der Waals surface area contributed by atoms with E-state index in [0.717, 1.165) is 29.3 Å². The molecule has 0 N–H and O–H groups in total. The van der Waals surface area contributed by atoms with Gasteiger partial charge in [0, 0.05) is 13.1 Å². The van der Waals surface area contributed by atoms with Crippen molar-refractivity contribution in [3.8, 4) is 0 Å². The van der Waals surface area contributed by atoms with Crippen LogP contribution >= 0.6 is 0 Å². The molecule has 0 aromatic heterocycles. The predicted molar refractivity (Wildman–Crippen MR) is 96.3 cm³/mol. The van der Waals surface area contributed by atoms with Crippen molar-refractivity contribution in [1.82, 2.24) is 4.31 Å². The van der Waals surface area contributed by atoms with E-state index in [1.165, 1.54) is 4.31 Å². The van der Waals surface area contributed by atoms with Gasteiger partial charge in [-0.2, -0.15) is 4.31 Å². The summed E-state index contributed by atoms with van der Waals surface area (Å²) in [6.07, 6.45) is 0. The molecular weight excluding hydrogens is 373 g/mol. The first-order valence-electron chi connectivity index (χ1n) is 8.48. The molecule has 1 fully saturated rings. The summed E-state index contributed by atoms with van der Waals surface area (Å²) in [7, 11) is -3.83. The van der Waals surface area contributed by atoms with Gasteiger partial charge in [0.15, 0.2) is 0 Å². The Morgan fingerprint density at radius 3 is 2.59 bits per heavy atom. The molecule has 2 aromatic rings. The number of carbonyl (C=O) groups is 1. The van der Waals surface area contributed by atoms with E-state index >= 15 is 0 Å². The second-order valence-corrected chi connectivity index (χ2v) is 8.10. The lowest BCUT2D eigenvalue weighted by Crippen LogP contribution is -2.40. The molecule has 0 spiro atoms. The minimum Gasteiger partial charge on any atom is -0.457 e. The molecule has 0 atom stereocenters. The van der Waals surface area contributed by atoms with Crippen LogP contribution in [0.15, 0.2) is 47.4 Å². The highest BCUT2D eigenvalue weighted by atomic mass is 32.2. The largest absolute Gasteiger partial charge is 0.457 e. The molecule has 0 aliphatic carbocycles. The van der Waals surface area contributed by atoms with Crippen molar-refractivity contribution < 1.29 is 27.1 Å². The molecule has 3 rings (SSSR count). The molecule has 1 aliphatic rings. The van der Waals surface area contributed by atoms with E-state index in [2.05, 4.69) is 0 Å². The second-order valence-electron chi connectivity index (χ2n) is 6.16. The van der Waals surface area contributed by atoms with Crippen LogP contribution in [0.1, 0.15) is 21.5 Å². The zero-order chi connectivity index (χ0) is 19.4. The van der Waals surface area contributed by atoms with Crippen LogP contribution in [0.4, 0.5) is 4.39 Å². The van der Waals surface area contributed by atoms with Crippen LogP contribution in [0, 0.1) is 12.7 Å². The minimum atomic E-state index is -3.83.